The van der Waals surface area contributed by atoms with Crippen LogP contribution in [0.1, 0.15) is 13.3 Å². The molecule has 1 rings (SSSR count). The van der Waals surface area contributed by atoms with Crippen LogP contribution in [0.4, 0.5) is 0 Å². The van der Waals surface area contributed by atoms with Gasteiger partial charge in [-0.1, -0.05) is 22.9 Å². The topological polar surface area (TPSA) is 84.5 Å². The maximum Gasteiger partial charge on any atom is 0.244 e. The van der Waals surface area contributed by atoms with Gasteiger partial charge in [0.15, 0.2) is 0 Å². The molecule has 20 heavy (non-hydrogen) atoms. The summed E-state index contributed by atoms with van der Waals surface area (Å²) in [5.41, 5.74) is 0. The van der Waals surface area contributed by atoms with Crippen molar-refractivity contribution in [2.24, 2.45) is 0 Å². The van der Waals surface area contributed by atoms with Crippen molar-refractivity contribution in [3.05, 3.63) is 22.7 Å². The Labute approximate surface area is 127 Å². The van der Waals surface area contributed by atoms with Crippen LogP contribution in [0, 0.1) is 0 Å². The monoisotopic (exact) mass is 364 g/mol. The lowest BCUT2D eigenvalue weighted by Crippen LogP contribution is -2.37. The number of nitrogens with one attached hydrogen (secondary N) is 2. The van der Waals surface area contributed by atoms with Crippen LogP contribution < -0.4 is 14.8 Å². The van der Waals surface area contributed by atoms with E-state index in [0.717, 1.165) is 6.42 Å². The second kappa shape index (κ2) is 7.61. The van der Waals surface area contributed by atoms with Crippen LogP contribution in [0.25, 0.3) is 0 Å². The fourth-order valence-electron chi connectivity index (χ4n) is 1.43. The number of sulfonamides is 1. The van der Waals surface area contributed by atoms with Gasteiger partial charge in [-0.2, -0.15) is 0 Å². The number of hydrogen-bond donors (Lipinski definition) is 2. The van der Waals surface area contributed by atoms with Gasteiger partial charge >= 0.3 is 0 Å². The van der Waals surface area contributed by atoms with Crippen LogP contribution in [-0.2, 0) is 14.8 Å². The van der Waals surface area contributed by atoms with Crippen LogP contribution in [0.15, 0.2) is 27.6 Å². The predicted octanol–water partition coefficient (Wildman–Crippen LogP) is 1.26. The van der Waals surface area contributed by atoms with Crippen molar-refractivity contribution in [3.63, 3.8) is 0 Å². The molecule has 6 nitrogen and oxygen atoms in total. The number of halogens is 1. The van der Waals surface area contributed by atoms with E-state index in [1.165, 1.54) is 19.2 Å². The molecule has 1 amide bonds. The number of rotatable bonds is 7. The molecule has 0 aliphatic carbocycles. The lowest BCUT2D eigenvalue weighted by molar-refractivity contribution is -0.119. The van der Waals surface area contributed by atoms with Gasteiger partial charge in [0.05, 0.1) is 13.7 Å². The van der Waals surface area contributed by atoms with Gasteiger partial charge in [0.25, 0.3) is 0 Å². The van der Waals surface area contributed by atoms with Gasteiger partial charge in [-0.25, -0.2) is 13.1 Å². The minimum atomic E-state index is -3.81. The summed E-state index contributed by atoms with van der Waals surface area (Å²) in [4.78, 5) is 11.4. The van der Waals surface area contributed by atoms with E-state index in [1.807, 2.05) is 6.92 Å². The first-order valence-corrected chi connectivity index (χ1v) is 8.28. The Balaban J connectivity index is 2.84. The Morgan fingerprint density at radius 2 is 2.10 bits per heavy atom. The Morgan fingerprint density at radius 3 is 2.70 bits per heavy atom. The van der Waals surface area contributed by atoms with Gasteiger partial charge in [-0.05, 0) is 24.6 Å². The molecule has 0 aliphatic rings. The molecular weight excluding hydrogens is 348 g/mol. The first-order valence-electron chi connectivity index (χ1n) is 6.00. The number of ether oxygens (including phenoxy) is 1. The molecule has 0 saturated carbocycles. The van der Waals surface area contributed by atoms with Crippen LogP contribution >= 0.6 is 15.9 Å². The smallest absolute Gasteiger partial charge is 0.244 e. The van der Waals surface area contributed by atoms with Gasteiger partial charge in [0, 0.05) is 11.0 Å². The highest BCUT2D eigenvalue weighted by Gasteiger charge is 2.20. The van der Waals surface area contributed by atoms with Gasteiger partial charge in [-0.3, -0.25) is 4.79 Å². The zero-order chi connectivity index (χ0) is 15.2. The molecule has 0 aromatic heterocycles. The lowest BCUT2D eigenvalue weighted by atomic mass is 10.3. The number of carbonyl (C=O) groups excluding carboxylic acids is 1. The first-order chi connectivity index (χ1) is 9.40. The molecule has 0 atom stereocenters. The summed E-state index contributed by atoms with van der Waals surface area (Å²) in [6.45, 7) is 2.12. The van der Waals surface area contributed by atoms with Crippen molar-refractivity contribution in [1.82, 2.24) is 10.0 Å². The molecule has 1 aromatic rings. The largest absolute Gasteiger partial charge is 0.495 e. The Kier molecular flexibility index (Phi) is 6.44. The summed E-state index contributed by atoms with van der Waals surface area (Å²) in [7, 11) is -2.43. The van der Waals surface area contributed by atoms with E-state index in [4.69, 9.17) is 4.74 Å². The zero-order valence-electron chi connectivity index (χ0n) is 11.3. The second-order valence-corrected chi connectivity index (χ2v) is 6.62. The Morgan fingerprint density at radius 1 is 1.40 bits per heavy atom. The maximum absolute atomic E-state index is 12.2. The molecule has 0 aliphatic heterocycles. The molecule has 0 fully saturated rings. The third kappa shape index (κ3) is 4.77. The highest BCUT2D eigenvalue weighted by Crippen LogP contribution is 2.26. The summed E-state index contributed by atoms with van der Waals surface area (Å²) in [6.07, 6.45) is 0.790. The van der Waals surface area contributed by atoms with E-state index < -0.39 is 10.0 Å². The van der Waals surface area contributed by atoms with E-state index in [0.29, 0.717) is 11.0 Å². The molecule has 8 heteroatoms. The SMILES string of the molecule is CCCNC(=O)CNS(=O)(=O)c1cc(Br)ccc1OC. The molecule has 2 N–H and O–H groups in total. The van der Waals surface area contributed by atoms with Crippen LogP contribution in [0.5, 0.6) is 5.75 Å². The van der Waals surface area contributed by atoms with E-state index in [1.54, 1.807) is 6.07 Å². The van der Waals surface area contributed by atoms with Crippen LogP contribution in [-0.4, -0.2) is 34.5 Å². The van der Waals surface area contributed by atoms with Gasteiger partial charge in [0.2, 0.25) is 15.9 Å². The van der Waals surface area contributed by atoms with Gasteiger partial charge < -0.3 is 10.1 Å². The van der Waals surface area contributed by atoms with E-state index in [-0.39, 0.29) is 23.1 Å². The zero-order valence-corrected chi connectivity index (χ0v) is 13.7. The van der Waals surface area contributed by atoms with Gasteiger partial charge in [0.1, 0.15) is 10.6 Å². The normalized spacial score (nSPS) is 11.2. The quantitative estimate of drug-likeness (QED) is 0.762. The highest BCUT2D eigenvalue weighted by atomic mass is 79.9. The standard InChI is InChI=1S/C12H17BrN2O4S/c1-3-6-14-12(16)8-15-20(17,18)11-7-9(13)4-5-10(11)19-2/h4-5,7,15H,3,6,8H2,1-2H3,(H,14,16). The minimum absolute atomic E-state index is 0.0160. The number of carbonyl (C=O) groups is 1. The molecule has 0 unspecified atom stereocenters. The lowest BCUT2D eigenvalue weighted by Gasteiger charge is -2.11. The molecule has 1 aromatic carbocycles. The molecule has 0 radical (unpaired) electrons. The Hall–Kier alpha value is -1.12. The summed E-state index contributed by atoms with van der Waals surface area (Å²) in [5, 5.41) is 2.59. The highest BCUT2D eigenvalue weighted by molar-refractivity contribution is 9.10. The van der Waals surface area contributed by atoms with Crippen molar-refractivity contribution in [3.8, 4) is 5.75 Å². The van der Waals surface area contributed by atoms with Gasteiger partial charge in [-0.15, -0.1) is 0 Å². The average molecular weight is 365 g/mol. The molecule has 112 valence electrons. The van der Waals surface area contributed by atoms with E-state index >= 15 is 0 Å². The molecule has 0 bridgehead atoms. The van der Waals surface area contributed by atoms with E-state index in [9.17, 15) is 13.2 Å². The summed E-state index contributed by atoms with van der Waals surface area (Å²) in [6, 6.07) is 4.63. The fraction of sp³-hybridized carbons (Fsp3) is 0.417. The first kappa shape index (κ1) is 16.9. The maximum atomic E-state index is 12.2. The third-order valence-corrected chi connectivity index (χ3v) is 4.33. The Bertz CT molecular complexity index is 575. The van der Waals surface area contributed by atoms with E-state index in [2.05, 4.69) is 26.0 Å². The summed E-state index contributed by atoms with van der Waals surface area (Å²) in [5.74, 6) is -0.154. The molecular formula is C12H17BrN2O4S. The number of amides is 1. The summed E-state index contributed by atoms with van der Waals surface area (Å²) >= 11 is 3.21. The fourth-order valence-corrected chi connectivity index (χ4v) is 3.11. The van der Waals surface area contributed by atoms with Crippen molar-refractivity contribution < 1.29 is 17.9 Å². The van der Waals surface area contributed by atoms with Crippen molar-refractivity contribution >= 4 is 31.9 Å². The molecule has 0 saturated heterocycles. The number of benzene rings is 1. The van der Waals surface area contributed by atoms with Crippen molar-refractivity contribution in [2.75, 3.05) is 20.2 Å². The molecule has 0 spiro atoms. The predicted molar refractivity (Wildman–Crippen MR) is 79.2 cm³/mol. The second-order valence-electron chi connectivity index (χ2n) is 3.97. The third-order valence-electron chi connectivity index (χ3n) is 2.41. The molecule has 0 heterocycles. The number of hydrogen-bond acceptors (Lipinski definition) is 4. The minimum Gasteiger partial charge on any atom is -0.495 e. The van der Waals surface area contributed by atoms with Crippen LogP contribution in [0.3, 0.4) is 0 Å². The van der Waals surface area contributed by atoms with Crippen molar-refractivity contribution in [2.45, 2.75) is 18.2 Å². The van der Waals surface area contributed by atoms with Crippen LogP contribution in [0.2, 0.25) is 0 Å². The van der Waals surface area contributed by atoms with Crippen molar-refractivity contribution in [1.29, 1.82) is 0 Å². The summed E-state index contributed by atoms with van der Waals surface area (Å²) < 4.78 is 32.2. The average Bonchev–Trinajstić information content (AvgIpc) is 2.43. The number of methoxy groups -OCH3 is 1.